The maximum absolute atomic E-state index is 11.3. The second-order valence-corrected chi connectivity index (χ2v) is 6.15. The Kier molecular flexibility index (Phi) is 3.51. The summed E-state index contributed by atoms with van der Waals surface area (Å²) in [6, 6.07) is 6.11. The van der Waals surface area contributed by atoms with E-state index in [0.29, 0.717) is 17.5 Å². The molecule has 0 aliphatic carbocycles. The molecule has 0 spiro atoms. The molecule has 0 saturated carbocycles. The van der Waals surface area contributed by atoms with E-state index in [0.717, 1.165) is 28.1 Å². The number of carbonyl (C=O) groups is 1. The summed E-state index contributed by atoms with van der Waals surface area (Å²) in [5, 5.41) is 1.89. The van der Waals surface area contributed by atoms with Gasteiger partial charge in [-0.05, 0) is 30.0 Å². The minimum Gasteiger partial charge on any atom is -0.437 e. The molecule has 0 N–H and O–H groups in total. The monoisotopic (exact) mass is 300 g/mol. The van der Waals surface area contributed by atoms with Crippen LogP contribution < -0.4 is 4.74 Å². The third kappa shape index (κ3) is 2.45. The lowest BCUT2D eigenvalue weighted by Gasteiger charge is -2.13. The summed E-state index contributed by atoms with van der Waals surface area (Å²) in [4.78, 5) is 16.5. The van der Waals surface area contributed by atoms with Gasteiger partial charge in [0.2, 0.25) is 5.88 Å². The fourth-order valence-electron chi connectivity index (χ4n) is 2.28. The fourth-order valence-corrected chi connectivity index (χ4v) is 2.99. The van der Waals surface area contributed by atoms with Crippen molar-refractivity contribution >= 4 is 22.6 Å². The van der Waals surface area contributed by atoms with Crippen LogP contribution in [0.2, 0.25) is 0 Å². The molecule has 0 unspecified atom stereocenters. The quantitative estimate of drug-likeness (QED) is 0.669. The average Bonchev–Trinajstić information content (AvgIpc) is 2.98. The first-order valence-electron chi connectivity index (χ1n) is 6.79. The molecule has 3 aromatic rings. The molecule has 3 rings (SSSR count). The van der Waals surface area contributed by atoms with Gasteiger partial charge < -0.3 is 4.74 Å². The van der Waals surface area contributed by atoms with Gasteiger partial charge in [-0.15, -0.1) is 11.3 Å². The molecule has 0 bridgehead atoms. The minimum absolute atomic E-state index is 0.337. The first-order valence-corrected chi connectivity index (χ1v) is 7.67. The second kappa shape index (κ2) is 5.33. The highest BCUT2D eigenvalue weighted by atomic mass is 32.1. The van der Waals surface area contributed by atoms with Crippen molar-refractivity contribution in [3.05, 3.63) is 46.6 Å². The lowest BCUT2D eigenvalue weighted by Crippen LogP contribution is -1.97. The van der Waals surface area contributed by atoms with Crippen LogP contribution in [0, 0.1) is 6.92 Å². The summed E-state index contributed by atoms with van der Waals surface area (Å²) in [5.41, 5.74) is 2.67. The SMILES string of the molecule is Cc1ccc(C(C)C)c(Oc2nc3sccn3c2C=O)c1. The standard InChI is InChI=1S/C16H16N2O2S/c1-10(2)12-5-4-11(3)8-14(12)20-15-13(9-19)18-6-7-21-16(18)17-15/h4-10H,1-3H3. The van der Waals surface area contributed by atoms with Crippen molar-refractivity contribution in [1.82, 2.24) is 9.38 Å². The first kappa shape index (κ1) is 13.8. The molecular formula is C16H16N2O2S. The van der Waals surface area contributed by atoms with Crippen LogP contribution >= 0.6 is 11.3 Å². The Morgan fingerprint density at radius 3 is 2.90 bits per heavy atom. The van der Waals surface area contributed by atoms with Gasteiger partial charge in [0.1, 0.15) is 5.75 Å². The average molecular weight is 300 g/mol. The number of hydrogen-bond acceptors (Lipinski definition) is 4. The summed E-state index contributed by atoms with van der Waals surface area (Å²) in [5.74, 6) is 1.47. The summed E-state index contributed by atoms with van der Waals surface area (Å²) in [6.07, 6.45) is 2.61. The first-order chi connectivity index (χ1) is 10.1. The molecule has 0 atom stereocenters. The van der Waals surface area contributed by atoms with Crippen LogP contribution in [0.3, 0.4) is 0 Å². The Balaban J connectivity index is 2.07. The van der Waals surface area contributed by atoms with Crippen LogP contribution in [0.15, 0.2) is 29.8 Å². The normalized spacial score (nSPS) is 11.2. The number of imidazole rings is 1. The predicted octanol–water partition coefficient (Wildman–Crippen LogP) is 4.43. The van der Waals surface area contributed by atoms with E-state index in [4.69, 9.17) is 4.74 Å². The van der Waals surface area contributed by atoms with Gasteiger partial charge in [-0.1, -0.05) is 26.0 Å². The van der Waals surface area contributed by atoms with E-state index in [-0.39, 0.29) is 0 Å². The molecule has 2 aromatic heterocycles. The van der Waals surface area contributed by atoms with Gasteiger partial charge in [0.15, 0.2) is 16.9 Å². The Labute approximate surface area is 127 Å². The Hall–Kier alpha value is -2.14. The Morgan fingerprint density at radius 2 is 2.19 bits per heavy atom. The van der Waals surface area contributed by atoms with Gasteiger partial charge in [0, 0.05) is 11.6 Å². The highest BCUT2D eigenvalue weighted by molar-refractivity contribution is 7.15. The number of thiazole rings is 1. The number of hydrogen-bond donors (Lipinski definition) is 0. The van der Waals surface area contributed by atoms with Crippen molar-refractivity contribution in [1.29, 1.82) is 0 Å². The number of carbonyl (C=O) groups excluding carboxylic acids is 1. The lowest BCUT2D eigenvalue weighted by atomic mass is 10.0. The molecule has 2 heterocycles. The highest BCUT2D eigenvalue weighted by Gasteiger charge is 2.17. The van der Waals surface area contributed by atoms with Gasteiger partial charge in [0.25, 0.3) is 0 Å². The van der Waals surface area contributed by atoms with Crippen LogP contribution in [0.25, 0.3) is 4.96 Å². The number of benzene rings is 1. The Bertz CT molecular complexity index is 802. The van der Waals surface area contributed by atoms with E-state index < -0.39 is 0 Å². The smallest absolute Gasteiger partial charge is 0.250 e. The molecule has 0 saturated heterocycles. The lowest BCUT2D eigenvalue weighted by molar-refractivity contribution is 0.111. The van der Waals surface area contributed by atoms with E-state index in [1.165, 1.54) is 11.3 Å². The fraction of sp³-hybridized carbons (Fsp3) is 0.250. The van der Waals surface area contributed by atoms with Crippen LogP contribution in [0.4, 0.5) is 0 Å². The van der Waals surface area contributed by atoms with E-state index in [1.54, 1.807) is 4.40 Å². The zero-order chi connectivity index (χ0) is 15.0. The van der Waals surface area contributed by atoms with Crippen molar-refractivity contribution in [2.45, 2.75) is 26.7 Å². The molecule has 21 heavy (non-hydrogen) atoms. The number of aldehydes is 1. The van der Waals surface area contributed by atoms with Gasteiger partial charge in [-0.25, -0.2) is 0 Å². The second-order valence-electron chi connectivity index (χ2n) is 5.27. The minimum atomic E-state index is 0.337. The maximum atomic E-state index is 11.3. The van der Waals surface area contributed by atoms with Crippen LogP contribution in [-0.2, 0) is 0 Å². The third-order valence-electron chi connectivity index (χ3n) is 3.37. The molecule has 0 aliphatic heterocycles. The van der Waals surface area contributed by atoms with Gasteiger partial charge in [-0.2, -0.15) is 4.98 Å². The number of rotatable bonds is 4. The summed E-state index contributed by atoms with van der Waals surface area (Å²) >= 11 is 1.47. The molecule has 0 amide bonds. The van der Waals surface area contributed by atoms with Gasteiger partial charge in [0.05, 0.1) is 0 Å². The van der Waals surface area contributed by atoms with Crippen molar-refractivity contribution < 1.29 is 9.53 Å². The number of aryl methyl sites for hydroxylation is 1. The van der Waals surface area contributed by atoms with Gasteiger partial charge in [-0.3, -0.25) is 9.20 Å². The summed E-state index contributed by atoms with van der Waals surface area (Å²) in [7, 11) is 0. The molecule has 4 nitrogen and oxygen atoms in total. The Morgan fingerprint density at radius 1 is 1.38 bits per heavy atom. The predicted molar refractivity (Wildman–Crippen MR) is 83.8 cm³/mol. The largest absolute Gasteiger partial charge is 0.437 e. The number of aromatic nitrogens is 2. The highest BCUT2D eigenvalue weighted by Crippen LogP contribution is 2.33. The zero-order valence-electron chi connectivity index (χ0n) is 12.2. The van der Waals surface area contributed by atoms with Crippen molar-refractivity contribution in [2.75, 3.05) is 0 Å². The summed E-state index contributed by atoms with van der Waals surface area (Å²) < 4.78 is 7.71. The third-order valence-corrected chi connectivity index (χ3v) is 4.13. The van der Waals surface area contributed by atoms with Crippen LogP contribution in [0.5, 0.6) is 11.6 Å². The molecule has 108 valence electrons. The molecule has 1 aromatic carbocycles. The van der Waals surface area contributed by atoms with Crippen molar-refractivity contribution in [3.8, 4) is 11.6 Å². The van der Waals surface area contributed by atoms with Crippen LogP contribution in [0.1, 0.15) is 41.4 Å². The number of fused-ring (bicyclic) bond motifs is 1. The number of nitrogens with zero attached hydrogens (tertiary/aromatic N) is 2. The summed E-state index contributed by atoms with van der Waals surface area (Å²) in [6.45, 7) is 6.25. The molecule has 0 aliphatic rings. The zero-order valence-corrected chi connectivity index (χ0v) is 13.0. The van der Waals surface area contributed by atoms with E-state index in [9.17, 15) is 4.79 Å². The van der Waals surface area contributed by atoms with Crippen LogP contribution in [-0.4, -0.2) is 15.7 Å². The van der Waals surface area contributed by atoms with Crippen molar-refractivity contribution in [3.63, 3.8) is 0 Å². The molecular weight excluding hydrogens is 284 g/mol. The topological polar surface area (TPSA) is 43.6 Å². The molecule has 0 radical (unpaired) electrons. The number of ether oxygens (including phenoxy) is 1. The van der Waals surface area contributed by atoms with Gasteiger partial charge >= 0.3 is 0 Å². The maximum Gasteiger partial charge on any atom is 0.250 e. The van der Waals surface area contributed by atoms with Crippen molar-refractivity contribution in [2.24, 2.45) is 0 Å². The molecule has 5 heteroatoms. The van der Waals surface area contributed by atoms with E-state index >= 15 is 0 Å². The molecule has 0 fully saturated rings. The van der Waals surface area contributed by atoms with E-state index in [2.05, 4.69) is 31.0 Å². The van der Waals surface area contributed by atoms with E-state index in [1.807, 2.05) is 24.6 Å².